The lowest BCUT2D eigenvalue weighted by Gasteiger charge is -2.20. The van der Waals surface area contributed by atoms with Gasteiger partial charge in [0.25, 0.3) is 0 Å². The van der Waals surface area contributed by atoms with Crippen LogP contribution in [0.5, 0.6) is 0 Å². The molecule has 1 aliphatic heterocycles. The number of aliphatic hydroxyl groups is 1. The predicted octanol–water partition coefficient (Wildman–Crippen LogP) is 1.64. The van der Waals surface area contributed by atoms with Crippen molar-refractivity contribution in [2.24, 2.45) is 0 Å². The Kier molecular flexibility index (Phi) is 2.60. The van der Waals surface area contributed by atoms with E-state index in [1.807, 2.05) is 17.9 Å². The first-order valence-electron chi connectivity index (χ1n) is 5.80. The van der Waals surface area contributed by atoms with Crippen LogP contribution in [0.15, 0.2) is 18.5 Å². The molecule has 1 aliphatic rings. The molecule has 1 saturated heterocycles. The zero-order chi connectivity index (χ0) is 12.8. The Morgan fingerprint density at radius 3 is 2.94 bits per heavy atom. The Balaban J connectivity index is 2.11. The van der Waals surface area contributed by atoms with Gasteiger partial charge in [-0.25, -0.2) is 0 Å². The summed E-state index contributed by atoms with van der Waals surface area (Å²) in [5.74, 6) is 0.736. The maximum Gasteiger partial charge on any atom is 0.160 e. The number of halogens is 1. The summed E-state index contributed by atoms with van der Waals surface area (Å²) in [6.07, 6.45) is 4.14. The monoisotopic (exact) mass is 264 g/mol. The van der Waals surface area contributed by atoms with Gasteiger partial charge < -0.3 is 10.0 Å². The largest absolute Gasteiger partial charge is 0.388 e. The molecule has 2 aromatic rings. The van der Waals surface area contributed by atoms with Crippen molar-refractivity contribution < 1.29 is 5.11 Å². The van der Waals surface area contributed by atoms with E-state index in [0.29, 0.717) is 11.7 Å². The predicted molar refractivity (Wildman–Crippen MR) is 69.8 cm³/mol. The van der Waals surface area contributed by atoms with Gasteiger partial charge >= 0.3 is 0 Å². The van der Waals surface area contributed by atoms with E-state index in [9.17, 15) is 5.11 Å². The van der Waals surface area contributed by atoms with Crippen molar-refractivity contribution in [2.75, 3.05) is 18.0 Å². The van der Waals surface area contributed by atoms with Gasteiger partial charge in [-0.2, -0.15) is 0 Å². The number of hydrogen-bond acceptors (Lipinski definition) is 5. The van der Waals surface area contributed by atoms with Crippen molar-refractivity contribution in [3.05, 3.63) is 23.6 Å². The van der Waals surface area contributed by atoms with Gasteiger partial charge in [-0.3, -0.25) is 4.98 Å². The molecular formula is C12H13ClN4O. The lowest BCUT2D eigenvalue weighted by atomic mass is 10.1. The minimum absolute atomic E-state index is 0.377. The van der Waals surface area contributed by atoms with Crippen LogP contribution in [0, 0.1) is 0 Å². The Morgan fingerprint density at radius 1 is 1.39 bits per heavy atom. The van der Waals surface area contributed by atoms with Gasteiger partial charge in [0.15, 0.2) is 11.0 Å². The summed E-state index contributed by atoms with van der Waals surface area (Å²) in [6, 6.07) is 1.82. The Labute approximate surface area is 109 Å². The molecule has 0 aromatic carbocycles. The molecule has 0 amide bonds. The van der Waals surface area contributed by atoms with Gasteiger partial charge in [0, 0.05) is 36.3 Å². The van der Waals surface area contributed by atoms with Crippen LogP contribution in [-0.2, 0) is 0 Å². The van der Waals surface area contributed by atoms with Crippen LogP contribution in [0.4, 0.5) is 5.82 Å². The first-order valence-corrected chi connectivity index (χ1v) is 6.18. The number of hydrogen-bond donors (Lipinski definition) is 1. The minimum Gasteiger partial charge on any atom is -0.388 e. The molecule has 2 aromatic heterocycles. The molecule has 94 valence electrons. The number of rotatable bonds is 1. The standard InChI is InChI=1S/C12H13ClN4O/c1-12(18)3-5-17(7-12)11-9-6-14-4-2-8(9)10(13)15-16-11/h2,4,6,18H,3,5,7H2,1H3. The SMILES string of the molecule is CC1(O)CCN(c2nnc(Cl)c3ccncc23)C1. The smallest absolute Gasteiger partial charge is 0.160 e. The molecule has 0 spiro atoms. The van der Waals surface area contributed by atoms with Crippen molar-refractivity contribution in [2.45, 2.75) is 18.9 Å². The molecular weight excluding hydrogens is 252 g/mol. The topological polar surface area (TPSA) is 62.1 Å². The molecule has 18 heavy (non-hydrogen) atoms. The molecule has 0 radical (unpaired) electrons. The van der Waals surface area contributed by atoms with Crippen LogP contribution in [0.3, 0.4) is 0 Å². The third-order valence-electron chi connectivity index (χ3n) is 3.27. The maximum atomic E-state index is 10.0. The van der Waals surface area contributed by atoms with E-state index < -0.39 is 5.60 Å². The second-order valence-corrected chi connectivity index (χ2v) is 5.26. The van der Waals surface area contributed by atoms with Gasteiger partial charge in [0.2, 0.25) is 0 Å². The minimum atomic E-state index is -0.671. The number of pyridine rings is 1. The lowest BCUT2D eigenvalue weighted by molar-refractivity contribution is 0.0839. The van der Waals surface area contributed by atoms with E-state index in [2.05, 4.69) is 15.2 Å². The van der Waals surface area contributed by atoms with Gasteiger partial charge in [-0.1, -0.05) is 11.6 Å². The average Bonchev–Trinajstić information content (AvgIpc) is 2.70. The Hall–Kier alpha value is -1.46. The summed E-state index contributed by atoms with van der Waals surface area (Å²) < 4.78 is 0. The highest BCUT2D eigenvalue weighted by Gasteiger charge is 2.33. The summed E-state index contributed by atoms with van der Waals surface area (Å²) in [5, 5.41) is 20.2. The molecule has 1 unspecified atom stereocenters. The molecule has 5 nitrogen and oxygen atoms in total. The first kappa shape index (κ1) is 11.6. The number of β-amino-alcohol motifs (C(OH)–C–C–N with tert-alkyl or cyclic N) is 1. The van der Waals surface area contributed by atoms with Crippen molar-refractivity contribution in [1.82, 2.24) is 15.2 Å². The van der Waals surface area contributed by atoms with Crippen LogP contribution >= 0.6 is 11.6 Å². The molecule has 1 fully saturated rings. The molecule has 0 saturated carbocycles. The van der Waals surface area contributed by atoms with Crippen LogP contribution < -0.4 is 4.90 Å². The second-order valence-electron chi connectivity index (χ2n) is 4.90. The van der Waals surface area contributed by atoms with Crippen molar-refractivity contribution >= 4 is 28.2 Å². The lowest BCUT2D eigenvalue weighted by Crippen LogP contribution is -2.30. The molecule has 3 rings (SSSR count). The van der Waals surface area contributed by atoms with E-state index in [4.69, 9.17) is 11.6 Å². The molecule has 3 heterocycles. The summed E-state index contributed by atoms with van der Waals surface area (Å²) in [7, 11) is 0. The fourth-order valence-corrected chi connectivity index (χ4v) is 2.51. The number of fused-ring (bicyclic) bond motifs is 1. The van der Waals surface area contributed by atoms with E-state index in [-0.39, 0.29) is 0 Å². The van der Waals surface area contributed by atoms with Crippen molar-refractivity contribution in [3.8, 4) is 0 Å². The zero-order valence-corrected chi connectivity index (χ0v) is 10.7. The Bertz CT molecular complexity index is 602. The van der Waals surface area contributed by atoms with Gasteiger partial charge in [-0.05, 0) is 19.4 Å². The van der Waals surface area contributed by atoms with Crippen LogP contribution in [0.25, 0.3) is 10.8 Å². The molecule has 0 aliphatic carbocycles. The molecule has 6 heteroatoms. The molecule has 1 N–H and O–H groups in total. The number of aromatic nitrogens is 3. The van der Waals surface area contributed by atoms with Crippen molar-refractivity contribution in [3.63, 3.8) is 0 Å². The van der Waals surface area contributed by atoms with E-state index >= 15 is 0 Å². The molecule has 1 atom stereocenters. The normalized spacial score (nSPS) is 23.8. The summed E-state index contributed by atoms with van der Waals surface area (Å²) in [4.78, 5) is 6.13. The average molecular weight is 265 g/mol. The van der Waals surface area contributed by atoms with Crippen LogP contribution in [0.1, 0.15) is 13.3 Å². The van der Waals surface area contributed by atoms with E-state index in [1.54, 1.807) is 12.4 Å². The van der Waals surface area contributed by atoms with Crippen LogP contribution in [-0.4, -0.2) is 39.0 Å². The highest BCUT2D eigenvalue weighted by Crippen LogP contribution is 2.31. The zero-order valence-electron chi connectivity index (χ0n) is 9.97. The van der Waals surface area contributed by atoms with Gasteiger partial charge in [0.1, 0.15) is 0 Å². The third kappa shape index (κ3) is 1.89. The molecule has 0 bridgehead atoms. The Morgan fingerprint density at radius 2 is 2.22 bits per heavy atom. The van der Waals surface area contributed by atoms with Crippen LogP contribution in [0.2, 0.25) is 5.15 Å². The summed E-state index contributed by atoms with van der Waals surface area (Å²) in [5.41, 5.74) is -0.671. The second kappa shape index (κ2) is 4.03. The first-order chi connectivity index (χ1) is 8.57. The maximum absolute atomic E-state index is 10.0. The van der Waals surface area contributed by atoms with Gasteiger partial charge in [-0.15, -0.1) is 10.2 Å². The van der Waals surface area contributed by atoms with E-state index in [0.717, 1.165) is 29.6 Å². The van der Waals surface area contributed by atoms with Gasteiger partial charge in [0.05, 0.1) is 5.60 Å². The third-order valence-corrected chi connectivity index (χ3v) is 3.55. The van der Waals surface area contributed by atoms with E-state index in [1.165, 1.54) is 0 Å². The number of nitrogens with zero attached hydrogens (tertiary/aromatic N) is 4. The fourth-order valence-electron chi connectivity index (χ4n) is 2.31. The highest BCUT2D eigenvalue weighted by atomic mass is 35.5. The van der Waals surface area contributed by atoms with Crippen molar-refractivity contribution in [1.29, 1.82) is 0 Å². The fraction of sp³-hybridized carbons (Fsp3) is 0.417. The highest BCUT2D eigenvalue weighted by molar-refractivity contribution is 6.34. The number of anilines is 1. The summed E-state index contributed by atoms with van der Waals surface area (Å²) in [6.45, 7) is 3.14. The summed E-state index contributed by atoms with van der Waals surface area (Å²) >= 11 is 6.02. The quantitative estimate of drug-likeness (QED) is 0.848.